The molecule has 6 heteroatoms. The Morgan fingerprint density at radius 3 is 2.66 bits per heavy atom. The van der Waals surface area contributed by atoms with Crippen molar-refractivity contribution in [3.8, 4) is 11.1 Å². The van der Waals surface area contributed by atoms with Crippen molar-refractivity contribution in [2.45, 2.75) is 19.4 Å². The van der Waals surface area contributed by atoms with Crippen molar-refractivity contribution in [2.24, 2.45) is 7.05 Å². The maximum atomic E-state index is 14.3. The Balaban J connectivity index is 1.41. The second-order valence-corrected chi connectivity index (χ2v) is 8.87. The van der Waals surface area contributed by atoms with Crippen LogP contribution in [0.1, 0.15) is 33.1 Å². The van der Waals surface area contributed by atoms with E-state index in [2.05, 4.69) is 15.4 Å². The first-order valence-electron chi connectivity index (χ1n) is 11.7. The Labute approximate surface area is 203 Å². The Morgan fingerprint density at radius 1 is 1.09 bits per heavy atom. The number of hydrogen-bond acceptors (Lipinski definition) is 3. The Morgan fingerprint density at radius 2 is 1.91 bits per heavy atom. The van der Waals surface area contributed by atoms with Gasteiger partial charge in [0.05, 0.1) is 12.2 Å². The number of aromatic amines is 1. The van der Waals surface area contributed by atoms with Gasteiger partial charge in [-0.3, -0.25) is 9.48 Å². The number of nitrogens with zero attached hydrogens (tertiary/aromatic N) is 2. The predicted molar refractivity (Wildman–Crippen MR) is 137 cm³/mol. The molecule has 5 aromatic rings. The number of ketones is 1. The first kappa shape index (κ1) is 22.7. The smallest absolute Gasteiger partial charge is 0.186 e. The summed E-state index contributed by atoms with van der Waals surface area (Å²) in [5.41, 5.74) is 5.97. The van der Waals surface area contributed by atoms with E-state index in [1.807, 2.05) is 87.0 Å². The van der Waals surface area contributed by atoms with Crippen LogP contribution in [0, 0.1) is 12.7 Å². The maximum Gasteiger partial charge on any atom is 0.186 e. The third kappa shape index (κ3) is 4.79. The van der Waals surface area contributed by atoms with Crippen molar-refractivity contribution < 1.29 is 9.18 Å². The van der Waals surface area contributed by atoms with E-state index in [4.69, 9.17) is 0 Å². The van der Waals surface area contributed by atoms with Gasteiger partial charge in [0.25, 0.3) is 0 Å². The van der Waals surface area contributed by atoms with Crippen LogP contribution in [0.4, 0.5) is 4.39 Å². The van der Waals surface area contributed by atoms with Crippen molar-refractivity contribution in [3.63, 3.8) is 0 Å². The van der Waals surface area contributed by atoms with Crippen molar-refractivity contribution in [2.75, 3.05) is 6.54 Å². The summed E-state index contributed by atoms with van der Waals surface area (Å²) in [6.45, 7) is 2.34. The molecule has 2 aromatic heterocycles. The van der Waals surface area contributed by atoms with Crippen molar-refractivity contribution in [1.82, 2.24) is 20.1 Å². The highest BCUT2D eigenvalue weighted by Crippen LogP contribution is 2.29. The van der Waals surface area contributed by atoms with Gasteiger partial charge in [0.1, 0.15) is 5.82 Å². The lowest BCUT2D eigenvalue weighted by atomic mass is 9.96. The molecule has 2 N–H and O–H groups in total. The fourth-order valence-electron chi connectivity index (χ4n) is 4.45. The van der Waals surface area contributed by atoms with E-state index in [1.54, 1.807) is 16.9 Å². The van der Waals surface area contributed by atoms with E-state index in [1.165, 1.54) is 0 Å². The van der Waals surface area contributed by atoms with Crippen molar-refractivity contribution in [3.05, 3.63) is 113 Å². The highest BCUT2D eigenvalue weighted by molar-refractivity contribution is 6.11. The predicted octanol–water partition coefficient (Wildman–Crippen LogP) is 5.77. The maximum absolute atomic E-state index is 14.3. The number of aromatic nitrogens is 3. The molecule has 2 heterocycles. The molecular weight excluding hydrogens is 439 g/mol. The van der Waals surface area contributed by atoms with E-state index in [-0.39, 0.29) is 11.6 Å². The van der Waals surface area contributed by atoms with Gasteiger partial charge < -0.3 is 10.3 Å². The van der Waals surface area contributed by atoms with E-state index in [0.29, 0.717) is 24.1 Å². The molecule has 0 aliphatic rings. The van der Waals surface area contributed by atoms with Crippen molar-refractivity contribution >= 4 is 16.7 Å². The van der Waals surface area contributed by atoms with Gasteiger partial charge in [-0.15, -0.1) is 0 Å². The van der Waals surface area contributed by atoms with Gasteiger partial charge in [0.15, 0.2) is 5.78 Å². The van der Waals surface area contributed by atoms with Gasteiger partial charge in [-0.25, -0.2) is 4.39 Å². The highest BCUT2D eigenvalue weighted by Gasteiger charge is 2.24. The van der Waals surface area contributed by atoms with Crippen LogP contribution in [0.3, 0.4) is 0 Å². The van der Waals surface area contributed by atoms with E-state index in [0.717, 1.165) is 33.2 Å². The van der Waals surface area contributed by atoms with E-state index < -0.39 is 6.04 Å². The molecule has 0 unspecified atom stereocenters. The number of halogens is 1. The minimum Gasteiger partial charge on any atom is -0.360 e. The number of fused-ring (bicyclic) bond motifs is 1. The van der Waals surface area contributed by atoms with E-state index >= 15 is 0 Å². The quantitative estimate of drug-likeness (QED) is 0.285. The summed E-state index contributed by atoms with van der Waals surface area (Å²) in [5.74, 6) is -0.239. The average Bonchev–Trinajstić information content (AvgIpc) is 3.49. The molecule has 35 heavy (non-hydrogen) atoms. The van der Waals surface area contributed by atoms with Gasteiger partial charge in [-0.1, -0.05) is 54.6 Å². The first-order chi connectivity index (χ1) is 17.0. The van der Waals surface area contributed by atoms with Crippen LogP contribution in [0.2, 0.25) is 0 Å². The Bertz CT molecular complexity index is 1490. The Kier molecular flexibility index (Phi) is 6.29. The monoisotopic (exact) mass is 466 g/mol. The molecule has 0 spiro atoms. The number of carbonyl (C=O) groups is 1. The fraction of sp³-hybridized carbons (Fsp3) is 0.172. The molecule has 176 valence electrons. The lowest BCUT2D eigenvalue weighted by Crippen LogP contribution is -2.30. The van der Waals surface area contributed by atoms with Gasteiger partial charge in [-0.2, -0.15) is 5.10 Å². The molecule has 0 amide bonds. The van der Waals surface area contributed by atoms with Crippen LogP contribution in [-0.2, 0) is 13.5 Å². The van der Waals surface area contributed by atoms with Crippen molar-refractivity contribution in [1.29, 1.82) is 0 Å². The topological polar surface area (TPSA) is 62.7 Å². The first-order valence-corrected chi connectivity index (χ1v) is 11.7. The van der Waals surface area contributed by atoms with Crippen LogP contribution >= 0.6 is 0 Å². The normalized spacial score (nSPS) is 12.2. The largest absolute Gasteiger partial charge is 0.360 e. The molecule has 0 bridgehead atoms. The molecule has 0 aliphatic carbocycles. The number of Topliss-reactive ketones (excluding diaryl/α,β-unsaturated/α-hetero) is 1. The van der Waals surface area contributed by atoms with Gasteiger partial charge in [0.2, 0.25) is 0 Å². The van der Waals surface area contributed by atoms with Gasteiger partial charge in [-0.05, 0) is 47.7 Å². The van der Waals surface area contributed by atoms with Crippen LogP contribution in [-0.4, -0.2) is 27.1 Å². The highest BCUT2D eigenvalue weighted by atomic mass is 19.1. The zero-order chi connectivity index (χ0) is 24.4. The third-order valence-electron chi connectivity index (χ3n) is 6.33. The number of aryl methyl sites for hydroxylation is 2. The zero-order valence-corrected chi connectivity index (χ0v) is 19.8. The van der Waals surface area contributed by atoms with Crippen LogP contribution in [0.5, 0.6) is 0 Å². The van der Waals surface area contributed by atoms with Gasteiger partial charge in [0, 0.05) is 48.0 Å². The molecule has 5 rings (SSSR count). The minimum absolute atomic E-state index is 0.0269. The van der Waals surface area contributed by atoms with Crippen LogP contribution in [0.15, 0.2) is 85.3 Å². The zero-order valence-electron chi connectivity index (χ0n) is 19.8. The summed E-state index contributed by atoms with van der Waals surface area (Å²) in [7, 11) is 1.89. The summed E-state index contributed by atoms with van der Waals surface area (Å²) in [6, 6.07) is 20.4. The molecular formula is C29H27FN4O. The molecule has 5 nitrogen and oxygen atoms in total. The molecule has 0 fully saturated rings. The number of H-pyrrole nitrogens is 1. The van der Waals surface area contributed by atoms with Gasteiger partial charge >= 0.3 is 0 Å². The number of nitrogens with one attached hydrogen (secondary N) is 2. The number of hydrogen-bond donors (Lipinski definition) is 2. The fourth-order valence-corrected chi connectivity index (χ4v) is 4.45. The summed E-state index contributed by atoms with van der Waals surface area (Å²) >= 11 is 0. The molecule has 0 saturated heterocycles. The summed E-state index contributed by atoms with van der Waals surface area (Å²) in [6.07, 6.45) is 6.05. The number of carbonyl (C=O) groups excluding carboxylic acids is 1. The molecule has 0 radical (unpaired) electrons. The second kappa shape index (κ2) is 9.68. The lowest BCUT2D eigenvalue weighted by Gasteiger charge is -2.18. The Hall–Kier alpha value is -4.03. The van der Waals surface area contributed by atoms with E-state index in [9.17, 15) is 9.18 Å². The number of rotatable bonds is 8. The SMILES string of the molecule is Cc1ccc(CCN[C@H](C(=O)c2c[nH]c3cc(-c4cnn(C)c4)ccc23)c2ccccc2)c(F)c1. The molecule has 0 saturated carbocycles. The third-order valence-corrected chi connectivity index (χ3v) is 6.33. The molecule has 0 aliphatic heterocycles. The summed E-state index contributed by atoms with van der Waals surface area (Å²) in [5, 5.41) is 8.49. The summed E-state index contributed by atoms with van der Waals surface area (Å²) in [4.78, 5) is 17.0. The van der Waals surface area contributed by atoms with Crippen LogP contribution in [0.25, 0.3) is 22.0 Å². The van der Waals surface area contributed by atoms with Crippen LogP contribution < -0.4 is 5.32 Å². The summed E-state index contributed by atoms with van der Waals surface area (Å²) < 4.78 is 16.1. The number of benzene rings is 3. The molecule has 3 aromatic carbocycles. The molecule has 1 atom stereocenters. The standard InChI is InChI=1S/C29H27FN4O/c1-19-8-9-20(26(30)14-19)12-13-31-28(21-6-4-3-5-7-21)29(35)25-17-32-27-15-22(10-11-24(25)27)23-16-33-34(2)18-23/h3-11,14-18,28,31-32H,12-13H2,1-2H3/t28-/m0/s1. The average molecular weight is 467 g/mol. The second-order valence-electron chi connectivity index (χ2n) is 8.87. The minimum atomic E-state index is -0.540. The lowest BCUT2D eigenvalue weighted by molar-refractivity contribution is 0.0945.